The summed E-state index contributed by atoms with van der Waals surface area (Å²) in [6, 6.07) is 27.4. The van der Waals surface area contributed by atoms with Crippen LogP contribution in [-0.2, 0) is 0 Å². The van der Waals surface area contributed by atoms with Crippen LogP contribution in [0.3, 0.4) is 0 Å². The highest BCUT2D eigenvalue weighted by molar-refractivity contribution is 6.32. The molecule has 8 heteroatoms. The first-order chi connectivity index (χ1) is 17.6. The first-order valence-electron chi connectivity index (χ1n) is 11.3. The van der Waals surface area contributed by atoms with Crippen molar-refractivity contribution in [3.8, 4) is 28.4 Å². The standard InChI is InChI=1S/C28H23ClN6O/c1-20-26(28(29)35(32-20)24-11-7-4-8-12-24)18-31-30-17-22-19-34(23-9-5-3-6-10-23)33-27(22)21-13-15-25(36-2)16-14-21/h3-19H,1-2H3/b30-17+,31-18+. The lowest BCUT2D eigenvalue weighted by molar-refractivity contribution is 0.415. The van der Waals surface area contributed by atoms with E-state index in [0.29, 0.717) is 10.7 Å². The molecule has 0 unspecified atom stereocenters. The molecule has 0 saturated carbocycles. The number of aryl methyl sites for hydroxylation is 1. The summed E-state index contributed by atoms with van der Waals surface area (Å²) in [5, 5.41) is 18.4. The van der Waals surface area contributed by atoms with Crippen molar-refractivity contribution in [2.24, 2.45) is 10.2 Å². The van der Waals surface area contributed by atoms with E-state index in [0.717, 1.165) is 39.6 Å². The molecule has 0 atom stereocenters. The molecule has 5 rings (SSSR count). The average Bonchev–Trinajstić information content (AvgIpc) is 3.48. The van der Waals surface area contributed by atoms with Gasteiger partial charge in [-0.25, -0.2) is 9.36 Å². The molecular formula is C28H23ClN6O. The number of hydrogen-bond donors (Lipinski definition) is 0. The van der Waals surface area contributed by atoms with Crippen LogP contribution < -0.4 is 4.74 Å². The Hall–Kier alpha value is -4.49. The van der Waals surface area contributed by atoms with Gasteiger partial charge in [0.1, 0.15) is 16.6 Å². The van der Waals surface area contributed by atoms with E-state index < -0.39 is 0 Å². The van der Waals surface area contributed by atoms with E-state index in [-0.39, 0.29) is 0 Å². The van der Waals surface area contributed by atoms with Crippen molar-refractivity contribution in [1.29, 1.82) is 0 Å². The third kappa shape index (κ3) is 4.82. The second-order valence-electron chi connectivity index (χ2n) is 7.97. The van der Waals surface area contributed by atoms with E-state index in [1.54, 1.807) is 24.2 Å². The number of methoxy groups -OCH3 is 1. The predicted molar refractivity (Wildman–Crippen MR) is 144 cm³/mol. The van der Waals surface area contributed by atoms with Crippen LogP contribution in [0.5, 0.6) is 5.75 Å². The molecule has 2 heterocycles. The summed E-state index contributed by atoms with van der Waals surface area (Å²) in [4.78, 5) is 0. The molecule has 5 aromatic rings. The van der Waals surface area contributed by atoms with E-state index in [1.807, 2.05) is 103 Å². The highest BCUT2D eigenvalue weighted by Gasteiger charge is 2.13. The third-order valence-corrected chi connectivity index (χ3v) is 5.99. The van der Waals surface area contributed by atoms with Crippen LogP contribution in [0.2, 0.25) is 5.15 Å². The van der Waals surface area contributed by atoms with Crippen molar-refractivity contribution in [2.45, 2.75) is 6.92 Å². The lowest BCUT2D eigenvalue weighted by Crippen LogP contribution is -1.96. The fourth-order valence-corrected chi connectivity index (χ4v) is 4.07. The zero-order chi connectivity index (χ0) is 24.9. The second-order valence-corrected chi connectivity index (χ2v) is 8.33. The molecule has 0 N–H and O–H groups in total. The molecule has 0 amide bonds. The van der Waals surface area contributed by atoms with E-state index in [9.17, 15) is 0 Å². The Morgan fingerprint density at radius 2 is 1.44 bits per heavy atom. The second kappa shape index (κ2) is 10.4. The number of benzene rings is 3. The molecule has 36 heavy (non-hydrogen) atoms. The van der Waals surface area contributed by atoms with Crippen LogP contribution in [-0.4, -0.2) is 39.1 Å². The minimum atomic E-state index is 0.480. The number of nitrogens with zero attached hydrogens (tertiary/aromatic N) is 6. The fourth-order valence-electron chi connectivity index (χ4n) is 3.75. The molecule has 0 aliphatic heterocycles. The van der Waals surface area contributed by atoms with Gasteiger partial charge in [-0.1, -0.05) is 48.0 Å². The Bertz CT molecular complexity index is 1520. The molecule has 0 spiro atoms. The van der Waals surface area contributed by atoms with Gasteiger partial charge in [0.25, 0.3) is 0 Å². The van der Waals surface area contributed by atoms with Gasteiger partial charge in [0, 0.05) is 17.3 Å². The lowest BCUT2D eigenvalue weighted by Gasteiger charge is -2.02. The molecular weight excluding hydrogens is 472 g/mol. The highest BCUT2D eigenvalue weighted by Crippen LogP contribution is 2.25. The monoisotopic (exact) mass is 494 g/mol. The Kier molecular flexibility index (Phi) is 6.73. The maximum Gasteiger partial charge on any atom is 0.142 e. The summed E-state index contributed by atoms with van der Waals surface area (Å²) in [6.45, 7) is 1.89. The van der Waals surface area contributed by atoms with Crippen molar-refractivity contribution in [2.75, 3.05) is 7.11 Å². The van der Waals surface area contributed by atoms with Gasteiger partial charge in [-0.05, 0) is 55.5 Å². The molecule has 3 aromatic carbocycles. The lowest BCUT2D eigenvalue weighted by atomic mass is 10.1. The summed E-state index contributed by atoms with van der Waals surface area (Å²) in [7, 11) is 1.65. The summed E-state index contributed by atoms with van der Waals surface area (Å²) < 4.78 is 8.81. The Morgan fingerprint density at radius 1 is 0.806 bits per heavy atom. The van der Waals surface area contributed by atoms with Crippen LogP contribution in [0.25, 0.3) is 22.6 Å². The van der Waals surface area contributed by atoms with E-state index in [1.165, 1.54) is 0 Å². The minimum absolute atomic E-state index is 0.480. The number of halogens is 1. The topological polar surface area (TPSA) is 69.6 Å². The average molecular weight is 495 g/mol. The van der Waals surface area contributed by atoms with Crippen LogP contribution in [0.15, 0.2) is 101 Å². The molecule has 0 bridgehead atoms. The maximum atomic E-state index is 6.59. The van der Waals surface area contributed by atoms with Gasteiger partial charge in [-0.2, -0.15) is 20.4 Å². The summed E-state index contributed by atoms with van der Waals surface area (Å²) >= 11 is 6.59. The Morgan fingerprint density at radius 3 is 2.11 bits per heavy atom. The van der Waals surface area contributed by atoms with Gasteiger partial charge in [0.05, 0.1) is 42.2 Å². The minimum Gasteiger partial charge on any atom is -0.497 e. The first kappa shape index (κ1) is 23.3. The van der Waals surface area contributed by atoms with Crippen molar-refractivity contribution < 1.29 is 4.74 Å². The number of para-hydroxylation sites is 2. The van der Waals surface area contributed by atoms with E-state index in [2.05, 4.69) is 15.3 Å². The molecule has 0 aliphatic carbocycles. The van der Waals surface area contributed by atoms with Crippen molar-refractivity contribution in [3.05, 3.63) is 113 Å². The number of rotatable bonds is 7. The highest BCUT2D eigenvalue weighted by atomic mass is 35.5. The molecule has 0 aliphatic rings. The molecule has 0 radical (unpaired) electrons. The van der Waals surface area contributed by atoms with Gasteiger partial charge in [-0.3, -0.25) is 0 Å². The Labute approximate surface area is 214 Å². The summed E-state index contributed by atoms with van der Waals surface area (Å²) in [6.07, 6.45) is 5.24. The quantitative estimate of drug-likeness (QED) is 0.201. The third-order valence-electron chi connectivity index (χ3n) is 5.63. The first-order valence-corrected chi connectivity index (χ1v) is 11.7. The van der Waals surface area contributed by atoms with Gasteiger partial charge in [0.15, 0.2) is 0 Å². The SMILES string of the molecule is COc1ccc(-c2nn(-c3ccccc3)cc2/C=N/N=C/c2c(C)nn(-c3ccccc3)c2Cl)cc1. The number of ether oxygens (including phenoxy) is 1. The zero-order valence-corrected chi connectivity index (χ0v) is 20.5. The molecule has 2 aromatic heterocycles. The van der Waals surface area contributed by atoms with Crippen molar-refractivity contribution in [1.82, 2.24) is 19.6 Å². The summed E-state index contributed by atoms with van der Waals surface area (Å²) in [5.74, 6) is 0.782. The van der Waals surface area contributed by atoms with Crippen molar-refractivity contribution in [3.63, 3.8) is 0 Å². The van der Waals surface area contributed by atoms with Gasteiger partial charge in [-0.15, -0.1) is 0 Å². The van der Waals surface area contributed by atoms with Gasteiger partial charge < -0.3 is 4.74 Å². The normalized spacial score (nSPS) is 11.5. The van der Waals surface area contributed by atoms with Crippen LogP contribution >= 0.6 is 11.6 Å². The molecule has 178 valence electrons. The van der Waals surface area contributed by atoms with Gasteiger partial charge in [0.2, 0.25) is 0 Å². The van der Waals surface area contributed by atoms with Crippen molar-refractivity contribution >= 4 is 24.0 Å². The zero-order valence-electron chi connectivity index (χ0n) is 19.8. The predicted octanol–water partition coefficient (Wildman–Crippen LogP) is 6.15. The Balaban J connectivity index is 1.45. The van der Waals surface area contributed by atoms with Gasteiger partial charge >= 0.3 is 0 Å². The van der Waals surface area contributed by atoms with Crippen LogP contribution in [0.1, 0.15) is 16.8 Å². The van der Waals surface area contributed by atoms with Crippen LogP contribution in [0, 0.1) is 6.92 Å². The molecule has 0 saturated heterocycles. The summed E-state index contributed by atoms with van der Waals surface area (Å²) in [5.41, 5.74) is 5.86. The molecule has 7 nitrogen and oxygen atoms in total. The molecule has 0 fully saturated rings. The number of aromatic nitrogens is 4. The van der Waals surface area contributed by atoms with E-state index in [4.69, 9.17) is 21.4 Å². The van der Waals surface area contributed by atoms with Crippen LogP contribution in [0.4, 0.5) is 0 Å². The smallest absolute Gasteiger partial charge is 0.142 e. The fraction of sp³-hybridized carbons (Fsp3) is 0.0714. The van der Waals surface area contributed by atoms with E-state index >= 15 is 0 Å². The number of hydrogen-bond acceptors (Lipinski definition) is 5. The largest absolute Gasteiger partial charge is 0.497 e. The maximum absolute atomic E-state index is 6.59.